The van der Waals surface area contributed by atoms with E-state index in [1.165, 1.54) is 11.1 Å². The van der Waals surface area contributed by atoms with E-state index in [9.17, 15) is 9.59 Å². The Hall–Kier alpha value is -2.76. The smallest absolute Gasteiger partial charge is 0.243 e. The molecule has 3 rings (SSSR count). The Kier molecular flexibility index (Phi) is 10.9. The van der Waals surface area contributed by atoms with Crippen molar-refractivity contribution in [1.82, 2.24) is 10.2 Å². The fraction of sp³-hybridized carbons (Fsp3) is 0.333. The van der Waals surface area contributed by atoms with Gasteiger partial charge in [-0.25, -0.2) is 0 Å². The second-order valence-corrected chi connectivity index (χ2v) is 10.5. The van der Waals surface area contributed by atoms with Crippen LogP contribution in [0.15, 0.2) is 78.9 Å². The van der Waals surface area contributed by atoms with Gasteiger partial charge in [0.15, 0.2) is 0 Å². The Morgan fingerprint density at radius 3 is 2.36 bits per heavy atom. The highest BCUT2D eigenvalue weighted by molar-refractivity contribution is 7.99. The third kappa shape index (κ3) is 8.42. The molecule has 2 atom stereocenters. The lowest BCUT2D eigenvalue weighted by Crippen LogP contribution is -2.52. The summed E-state index contributed by atoms with van der Waals surface area (Å²) in [5.74, 6) is 0.792. The molecule has 0 aliphatic heterocycles. The minimum absolute atomic E-state index is 0.0173. The minimum Gasteiger partial charge on any atom is -0.352 e. The van der Waals surface area contributed by atoms with Crippen molar-refractivity contribution in [2.75, 3.05) is 5.75 Å². The van der Waals surface area contributed by atoms with Gasteiger partial charge in [0, 0.05) is 29.8 Å². The molecule has 190 valence electrons. The summed E-state index contributed by atoms with van der Waals surface area (Å²) in [6.07, 6.45) is 1.25. The Morgan fingerprint density at radius 2 is 1.67 bits per heavy atom. The summed E-state index contributed by atoms with van der Waals surface area (Å²) in [4.78, 5) is 28.9. The first kappa shape index (κ1) is 27.8. The average molecular weight is 523 g/mol. The molecule has 0 heterocycles. The van der Waals surface area contributed by atoms with Gasteiger partial charge in [0.25, 0.3) is 0 Å². The third-order valence-electron chi connectivity index (χ3n) is 6.15. The van der Waals surface area contributed by atoms with Crippen LogP contribution in [-0.2, 0) is 28.3 Å². The van der Waals surface area contributed by atoms with Crippen LogP contribution in [0.1, 0.15) is 42.5 Å². The van der Waals surface area contributed by atoms with Crippen LogP contribution >= 0.6 is 23.4 Å². The van der Waals surface area contributed by atoms with Crippen LogP contribution in [0.5, 0.6) is 0 Å². The Morgan fingerprint density at radius 1 is 0.972 bits per heavy atom. The fourth-order valence-corrected chi connectivity index (χ4v) is 5.00. The molecule has 0 spiro atoms. The molecule has 6 heteroatoms. The second-order valence-electron chi connectivity index (χ2n) is 9.12. The number of thioether (sulfide) groups is 1. The van der Waals surface area contributed by atoms with E-state index in [0.717, 1.165) is 23.3 Å². The maximum Gasteiger partial charge on any atom is 0.243 e. The Balaban J connectivity index is 1.86. The number of aryl methyl sites for hydroxylation is 1. The van der Waals surface area contributed by atoms with E-state index >= 15 is 0 Å². The molecule has 2 unspecified atom stereocenters. The highest BCUT2D eigenvalue weighted by Crippen LogP contribution is 2.22. The van der Waals surface area contributed by atoms with Crippen molar-refractivity contribution < 1.29 is 9.59 Å². The minimum atomic E-state index is -0.648. The van der Waals surface area contributed by atoms with Crippen LogP contribution in [0.2, 0.25) is 5.02 Å². The highest BCUT2D eigenvalue weighted by atomic mass is 35.5. The van der Waals surface area contributed by atoms with E-state index in [-0.39, 0.29) is 30.2 Å². The van der Waals surface area contributed by atoms with Crippen LogP contribution in [0.25, 0.3) is 0 Å². The van der Waals surface area contributed by atoms with Gasteiger partial charge in [-0.2, -0.15) is 0 Å². The molecule has 0 aliphatic rings. The van der Waals surface area contributed by atoms with Crippen molar-refractivity contribution in [1.29, 1.82) is 0 Å². The normalized spacial score (nSPS) is 12.6. The largest absolute Gasteiger partial charge is 0.352 e. The van der Waals surface area contributed by atoms with Crippen molar-refractivity contribution in [2.24, 2.45) is 0 Å². The van der Waals surface area contributed by atoms with E-state index in [4.69, 9.17) is 11.6 Å². The molecule has 0 saturated carbocycles. The van der Waals surface area contributed by atoms with Gasteiger partial charge in [0.2, 0.25) is 11.8 Å². The number of halogens is 1. The number of carbonyl (C=O) groups is 2. The number of amides is 2. The topological polar surface area (TPSA) is 49.4 Å². The molecule has 0 aromatic heterocycles. The first-order valence-corrected chi connectivity index (χ1v) is 13.9. The molecular formula is C30H35ClN2O2S. The van der Waals surface area contributed by atoms with E-state index in [1.807, 2.05) is 74.5 Å². The highest BCUT2D eigenvalue weighted by Gasteiger charge is 2.31. The zero-order valence-electron chi connectivity index (χ0n) is 21.2. The van der Waals surface area contributed by atoms with Crippen molar-refractivity contribution in [3.05, 3.63) is 106 Å². The van der Waals surface area contributed by atoms with Gasteiger partial charge in [0.1, 0.15) is 6.04 Å². The summed E-state index contributed by atoms with van der Waals surface area (Å²) in [5.41, 5.74) is 4.21. The lowest BCUT2D eigenvalue weighted by Gasteiger charge is -2.32. The zero-order chi connectivity index (χ0) is 25.9. The van der Waals surface area contributed by atoms with Gasteiger partial charge in [-0.3, -0.25) is 9.59 Å². The summed E-state index contributed by atoms with van der Waals surface area (Å²) >= 11 is 8.04. The number of nitrogens with one attached hydrogen (secondary N) is 1. The predicted octanol–water partition coefficient (Wildman–Crippen LogP) is 6.44. The van der Waals surface area contributed by atoms with Crippen molar-refractivity contribution in [2.45, 2.75) is 58.0 Å². The molecule has 0 bridgehead atoms. The lowest BCUT2D eigenvalue weighted by molar-refractivity contribution is -0.139. The molecule has 0 saturated heterocycles. The predicted molar refractivity (Wildman–Crippen MR) is 151 cm³/mol. The maximum atomic E-state index is 13.7. The molecule has 4 nitrogen and oxygen atoms in total. The van der Waals surface area contributed by atoms with Gasteiger partial charge in [-0.15, -0.1) is 11.8 Å². The van der Waals surface area contributed by atoms with Crippen LogP contribution in [-0.4, -0.2) is 34.6 Å². The van der Waals surface area contributed by atoms with Crippen LogP contribution < -0.4 is 5.32 Å². The van der Waals surface area contributed by atoms with E-state index in [0.29, 0.717) is 11.4 Å². The van der Waals surface area contributed by atoms with Gasteiger partial charge in [0.05, 0.1) is 5.75 Å². The summed E-state index contributed by atoms with van der Waals surface area (Å²) in [7, 11) is 0. The maximum absolute atomic E-state index is 13.7. The van der Waals surface area contributed by atoms with Crippen molar-refractivity contribution in [3.63, 3.8) is 0 Å². The third-order valence-corrected chi connectivity index (χ3v) is 7.50. The average Bonchev–Trinajstić information content (AvgIpc) is 2.87. The number of carbonyl (C=O) groups excluding carboxylic acids is 2. The number of hydrogen-bond acceptors (Lipinski definition) is 3. The van der Waals surface area contributed by atoms with Crippen molar-refractivity contribution in [3.8, 4) is 0 Å². The van der Waals surface area contributed by atoms with Crippen LogP contribution in [0.4, 0.5) is 0 Å². The summed E-state index contributed by atoms with van der Waals surface area (Å²) in [6.45, 7) is 6.35. The molecule has 2 amide bonds. The number of hydrogen-bond donors (Lipinski definition) is 1. The SMILES string of the molecule is CCC(C)NC(=O)C(Cc1ccccc1)N(Cc1ccccc1Cl)C(=O)CSCc1cccc(C)c1. The summed E-state index contributed by atoms with van der Waals surface area (Å²) < 4.78 is 0. The molecule has 3 aromatic carbocycles. The van der Waals surface area contributed by atoms with E-state index in [1.54, 1.807) is 16.7 Å². The van der Waals surface area contributed by atoms with Crippen LogP contribution in [0.3, 0.4) is 0 Å². The van der Waals surface area contributed by atoms with E-state index < -0.39 is 6.04 Å². The van der Waals surface area contributed by atoms with Gasteiger partial charge >= 0.3 is 0 Å². The number of rotatable bonds is 12. The summed E-state index contributed by atoms with van der Waals surface area (Å²) in [6, 6.07) is 25.0. The molecule has 0 aliphatic carbocycles. The van der Waals surface area contributed by atoms with E-state index in [2.05, 4.69) is 30.4 Å². The summed E-state index contributed by atoms with van der Waals surface area (Å²) in [5, 5.41) is 3.69. The monoisotopic (exact) mass is 522 g/mol. The first-order chi connectivity index (χ1) is 17.4. The number of benzene rings is 3. The lowest BCUT2D eigenvalue weighted by atomic mass is 10.0. The van der Waals surface area contributed by atoms with Crippen LogP contribution in [0, 0.1) is 6.92 Å². The zero-order valence-corrected chi connectivity index (χ0v) is 22.8. The molecular weight excluding hydrogens is 488 g/mol. The first-order valence-electron chi connectivity index (χ1n) is 12.4. The van der Waals surface area contributed by atoms with Crippen molar-refractivity contribution >= 4 is 35.2 Å². The molecule has 3 aromatic rings. The molecule has 1 N–H and O–H groups in total. The van der Waals surface area contributed by atoms with Gasteiger partial charge in [-0.05, 0) is 43.0 Å². The fourth-order valence-electron chi connectivity index (χ4n) is 3.95. The molecule has 0 radical (unpaired) electrons. The Labute approximate surface area is 224 Å². The quantitative estimate of drug-likeness (QED) is 0.298. The molecule has 0 fully saturated rings. The standard InChI is InChI=1S/C30H35ClN2O2S/c1-4-23(3)32-30(35)28(18-24-12-6-5-7-13-24)33(19-26-15-8-9-16-27(26)31)29(34)21-36-20-25-14-10-11-22(2)17-25/h5-17,23,28H,4,18-21H2,1-3H3,(H,32,35). The Bertz CT molecular complexity index is 1140. The molecule has 36 heavy (non-hydrogen) atoms. The van der Waals surface area contributed by atoms with Gasteiger partial charge in [-0.1, -0.05) is 96.9 Å². The number of nitrogens with zero attached hydrogens (tertiary/aromatic N) is 1. The second kappa shape index (κ2) is 14.1. The van der Waals surface area contributed by atoms with Gasteiger partial charge < -0.3 is 10.2 Å².